The van der Waals surface area contributed by atoms with E-state index in [0.29, 0.717) is 10.7 Å². The van der Waals surface area contributed by atoms with Gasteiger partial charge in [0.25, 0.3) is 6.43 Å². The average Bonchev–Trinajstić information content (AvgIpc) is 3.30. The fourth-order valence-electron chi connectivity index (χ4n) is 2.52. The first kappa shape index (κ1) is 16.5. The van der Waals surface area contributed by atoms with Gasteiger partial charge in [0.15, 0.2) is 0 Å². The van der Waals surface area contributed by atoms with Gasteiger partial charge in [0.2, 0.25) is 11.8 Å². The van der Waals surface area contributed by atoms with E-state index in [2.05, 4.69) is 5.32 Å². The number of rotatable bonds is 5. The molecule has 1 saturated carbocycles. The van der Waals surface area contributed by atoms with Crippen molar-refractivity contribution in [2.24, 2.45) is 0 Å². The van der Waals surface area contributed by atoms with Crippen molar-refractivity contribution in [1.29, 1.82) is 0 Å². The zero-order valence-electron chi connectivity index (χ0n) is 12.1. The number of hydrogen-bond acceptors (Lipinski definition) is 3. The van der Waals surface area contributed by atoms with Crippen LogP contribution in [0, 0.1) is 0 Å². The monoisotopic (exact) mass is 360 g/mol. The molecule has 0 bridgehead atoms. The maximum Gasteiger partial charge on any atom is 0.255 e. The molecule has 2 aliphatic rings. The van der Waals surface area contributed by atoms with E-state index in [1.807, 2.05) is 0 Å². The first-order chi connectivity index (χ1) is 10.9. The molecule has 1 aromatic carbocycles. The van der Waals surface area contributed by atoms with Gasteiger partial charge in [-0.1, -0.05) is 11.6 Å². The molecule has 0 saturated heterocycles. The number of carbonyl (C=O) groups is 2. The lowest BCUT2D eigenvalue weighted by Gasteiger charge is -2.27. The molecular weight excluding hydrogens is 346 g/mol. The largest absolute Gasteiger partial charge is 0.334 e. The van der Waals surface area contributed by atoms with Gasteiger partial charge in [0.1, 0.15) is 0 Å². The summed E-state index contributed by atoms with van der Waals surface area (Å²) >= 11 is 7.15. The Morgan fingerprint density at radius 3 is 2.83 bits per heavy atom. The number of benzene rings is 1. The normalized spacial score (nSPS) is 20.2. The molecule has 2 amide bonds. The predicted octanol–water partition coefficient (Wildman–Crippen LogP) is 3.40. The topological polar surface area (TPSA) is 49.4 Å². The number of nitrogens with zero attached hydrogens (tertiary/aromatic N) is 1. The zero-order chi connectivity index (χ0) is 16.6. The van der Waals surface area contributed by atoms with Gasteiger partial charge in [-0.3, -0.25) is 9.59 Å². The van der Waals surface area contributed by atoms with Crippen LogP contribution < -0.4 is 5.32 Å². The first-order valence-electron chi connectivity index (χ1n) is 7.28. The highest BCUT2D eigenvalue weighted by atomic mass is 35.5. The molecule has 1 unspecified atom stereocenters. The molecule has 23 heavy (non-hydrogen) atoms. The number of carbonyl (C=O) groups excluding carboxylic acids is 2. The first-order valence-corrected chi connectivity index (χ1v) is 8.54. The van der Waals surface area contributed by atoms with Crippen LogP contribution in [0.3, 0.4) is 0 Å². The number of amides is 2. The van der Waals surface area contributed by atoms with Crippen LogP contribution in [-0.4, -0.2) is 41.0 Å². The standard InChI is InChI=1S/C15H15ClF2N2O2S/c16-8-1-4-11-10(5-8)19-15(22)12(23-11)6-14(21)20(7-13(17)18)9-2-3-9/h1,4-5,9,12-13H,2-3,6-7H2,(H,19,22). The Hall–Kier alpha value is -1.34. The van der Waals surface area contributed by atoms with Crippen molar-refractivity contribution >= 4 is 40.9 Å². The highest BCUT2D eigenvalue weighted by molar-refractivity contribution is 8.01. The van der Waals surface area contributed by atoms with Gasteiger partial charge in [-0.15, -0.1) is 11.8 Å². The summed E-state index contributed by atoms with van der Waals surface area (Å²) in [5.74, 6) is -0.691. The lowest BCUT2D eigenvalue weighted by Crippen LogP contribution is -2.40. The van der Waals surface area contributed by atoms with Crippen molar-refractivity contribution in [3.05, 3.63) is 23.2 Å². The molecule has 0 spiro atoms. The van der Waals surface area contributed by atoms with Crippen molar-refractivity contribution < 1.29 is 18.4 Å². The molecule has 0 radical (unpaired) electrons. The number of halogens is 3. The lowest BCUT2D eigenvalue weighted by atomic mass is 10.2. The molecule has 1 aliphatic carbocycles. The van der Waals surface area contributed by atoms with Gasteiger partial charge in [0, 0.05) is 22.4 Å². The molecule has 1 N–H and O–H groups in total. The molecule has 124 valence electrons. The van der Waals surface area contributed by atoms with Crippen molar-refractivity contribution in [2.45, 2.75) is 41.9 Å². The van der Waals surface area contributed by atoms with E-state index in [-0.39, 0.29) is 18.4 Å². The van der Waals surface area contributed by atoms with Gasteiger partial charge in [-0.2, -0.15) is 0 Å². The van der Waals surface area contributed by atoms with Crippen LogP contribution in [0.2, 0.25) is 5.02 Å². The molecule has 1 fully saturated rings. The Balaban J connectivity index is 1.68. The molecule has 4 nitrogen and oxygen atoms in total. The number of alkyl halides is 2. The fraction of sp³-hybridized carbons (Fsp3) is 0.467. The van der Waals surface area contributed by atoms with Gasteiger partial charge in [0.05, 0.1) is 17.5 Å². The van der Waals surface area contributed by atoms with Crippen LogP contribution in [0.15, 0.2) is 23.1 Å². The minimum absolute atomic E-state index is 0.0816. The smallest absolute Gasteiger partial charge is 0.255 e. The summed E-state index contributed by atoms with van der Waals surface area (Å²) in [5, 5.41) is 2.61. The average molecular weight is 361 g/mol. The SMILES string of the molecule is O=C1Nc2cc(Cl)ccc2SC1CC(=O)N(CC(F)F)C1CC1. The number of nitrogens with one attached hydrogen (secondary N) is 1. The summed E-state index contributed by atoms with van der Waals surface area (Å²) in [7, 11) is 0. The second-order valence-corrected chi connectivity index (χ2v) is 7.29. The van der Waals surface area contributed by atoms with Crippen LogP contribution in [-0.2, 0) is 9.59 Å². The minimum Gasteiger partial charge on any atom is -0.334 e. The van der Waals surface area contributed by atoms with Crippen molar-refractivity contribution in [3.63, 3.8) is 0 Å². The van der Waals surface area contributed by atoms with E-state index in [1.165, 1.54) is 16.7 Å². The highest BCUT2D eigenvalue weighted by Gasteiger charge is 2.37. The van der Waals surface area contributed by atoms with E-state index in [4.69, 9.17) is 11.6 Å². The Morgan fingerprint density at radius 1 is 1.43 bits per heavy atom. The van der Waals surface area contributed by atoms with Gasteiger partial charge >= 0.3 is 0 Å². The van der Waals surface area contributed by atoms with E-state index in [1.54, 1.807) is 18.2 Å². The maximum atomic E-state index is 12.6. The van der Waals surface area contributed by atoms with Crippen molar-refractivity contribution in [1.82, 2.24) is 4.90 Å². The van der Waals surface area contributed by atoms with Crippen LogP contribution in [0.1, 0.15) is 19.3 Å². The zero-order valence-corrected chi connectivity index (χ0v) is 13.7. The molecule has 3 rings (SSSR count). The van der Waals surface area contributed by atoms with Gasteiger partial charge < -0.3 is 10.2 Å². The third-order valence-electron chi connectivity index (χ3n) is 3.76. The maximum absolute atomic E-state index is 12.6. The van der Waals surface area contributed by atoms with Gasteiger partial charge in [-0.25, -0.2) is 8.78 Å². The van der Waals surface area contributed by atoms with E-state index in [9.17, 15) is 18.4 Å². The quantitative estimate of drug-likeness (QED) is 0.875. The molecule has 1 aromatic rings. The lowest BCUT2D eigenvalue weighted by molar-refractivity contribution is -0.135. The number of anilines is 1. The van der Waals surface area contributed by atoms with Crippen LogP contribution >= 0.6 is 23.4 Å². The summed E-state index contributed by atoms with van der Waals surface area (Å²) in [6, 6.07) is 5.03. The van der Waals surface area contributed by atoms with Crippen molar-refractivity contribution in [3.8, 4) is 0 Å². The summed E-state index contributed by atoms with van der Waals surface area (Å²) in [6.07, 6.45) is -1.13. The molecule has 0 aromatic heterocycles. The van der Waals surface area contributed by atoms with E-state index < -0.39 is 24.1 Å². The van der Waals surface area contributed by atoms with Crippen LogP contribution in [0.5, 0.6) is 0 Å². The molecule has 1 heterocycles. The summed E-state index contributed by atoms with van der Waals surface area (Å²) in [6.45, 7) is -0.561. The number of hydrogen-bond donors (Lipinski definition) is 1. The predicted molar refractivity (Wildman–Crippen MR) is 85.1 cm³/mol. The van der Waals surface area contributed by atoms with Crippen molar-refractivity contribution in [2.75, 3.05) is 11.9 Å². The Kier molecular flexibility index (Phi) is 4.77. The molecular formula is C15H15ClF2N2O2S. The molecule has 1 atom stereocenters. The van der Waals surface area contributed by atoms with E-state index >= 15 is 0 Å². The third kappa shape index (κ3) is 3.95. The molecule has 8 heteroatoms. The van der Waals surface area contributed by atoms with Crippen LogP contribution in [0.25, 0.3) is 0 Å². The minimum atomic E-state index is -2.56. The second-order valence-electron chi connectivity index (χ2n) is 5.61. The number of thioether (sulfide) groups is 1. The Morgan fingerprint density at radius 2 is 2.17 bits per heavy atom. The Bertz CT molecular complexity index is 640. The third-order valence-corrected chi connectivity index (χ3v) is 5.27. The Labute approximate surface area is 141 Å². The van der Waals surface area contributed by atoms with Crippen LogP contribution in [0.4, 0.5) is 14.5 Å². The second kappa shape index (κ2) is 6.65. The van der Waals surface area contributed by atoms with Gasteiger partial charge in [-0.05, 0) is 31.0 Å². The number of fused-ring (bicyclic) bond motifs is 1. The summed E-state index contributed by atoms with van der Waals surface area (Å²) in [4.78, 5) is 26.5. The fourth-order valence-corrected chi connectivity index (χ4v) is 3.78. The summed E-state index contributed by atoms with van der Waals surface area (Å²) in [5.41, 5.74) is 0.614. The summed E-state index contributed by atoms with van der Waals surface area (Å²) < 4.78 is 25.3. The highest BCUT2D eigenvalue weighted by Crippen LogP contribution is 2.39. The molecule has 1 aliphatic heterocycles. The van der Waals surface area contributed by atoms with E-state index in [0.717, 1.165) is 17.7 Å².